The second-order valence-corrected chi connectivity index (χ2v) is 6.58. The molecule has 0 bridgehead atoms. The number of allylic oxidation sites excluding steroid dienone is 2. The molecule has 0 aliphatic carbocycles. The fraction of sp³-hybridized carbons (Fsp3) is 0.400. The van der Waals surface area contributed by atoms with Gasteiger partial charge in [-0.1, -0.05) is 6.08 Å². The predicted molar refractivity (Wildman–Crippen MR) is 107 cm³/mol. The number of anilines is 3. The molecule has 1 aromatic carbocycles. The Kier molecular flexibility index (Phi) is 6.08. The molecule has 3 rings (SSSR count). The van der Waals surface area contributed by atoms with Crippen molar-refractivity contribution in [2.24, 2.45) is 5.73 Å². The van der Waals surface area contributed by atoms with Crippen LogP contribution in [-0.2, 0) is 6.42 Å². The highest BCUT2D eigenvalue weighted by molar-refractivity contribution is 5.77. The van der Waals surface area contributed by atoms with Crippen molar-refractivity contribution in [3.8, 4) is 5.75 Å². The normalized spacial score (nSPS) is 13.3. The summed E-state index contributed by atoms with van der Waals surface area (Å²) in [5.41, 5.74) is 8.24. The van der Waals surface area contributed by atoms with Crippen molar-refractivity contribution < 1.29 is 13.5 Å². The van der Waals surface area contributed by atoms with E-state index in [1.807, 2.05) is 13.0 Å². The number of aromatic nitrogens is 2. The summed E-state index contributed by atoms with van der Waals surface area (Å²) in [6, 6.07) is 1.71. The molecular weight excluding hydrogens is 364 g/mol. The highest BCUT2D eigenvalue weighted by atomic mass is 19.1. The Hall–Kier alpha value is -2.74. The van der Waals surface area contributed by atoms with Crippen molar-refractivity contribution in [2.75, 3.05) is 30.8 Å². The van der Waals surface area contributed by atoms with E-state index in [-0.39, 0.29) is 23.1 Å². The van der Waals surface area contributed by atoms with Crippen molar-refractivity contribution in [2.45, 2.75) is 33.1 Å². The molecule has 0 atom stereocenters. The third kappa shape index (κ3) is 3.77. The number of hydrogen-bond donors (Lipinski definition) is 3. The van der Waals surface area contributed by atoms with Crippen LogP contribution in [0.3, 0.4) is 0 Å². The molecule has 4 N–H and O–H groups in total. The number of aryl methyl sites for hydroxylation is 1. The number of fused-ring (bicyclic) bond motifs is 1. The Morgan fingerprint density at radius 2 is 2.11 bits per heavy atom. The molecule has 0 saturated carbocycles. The van der Waals surface area contributed by atoms with Gasteiger partial charge in [-0.3, -0.25) is 0 Å². The Morgan fingerprint density at radius 3 is 2.79 bits per heavy atom. The molecule has 0 radical (unpaired) electrons. The second kappa shape index (κ2) is 8.52. The van der Waals surface area contributed by atoms with Gasteiger partial charge in [-0.2, -0.15) is 4.98 Å². The van der Waals surface area contributed by atoms with E-state index in [4.69, 9.17) is 10.5 Å². The van der Waals surface area contributed by atoms with Crippen LogP contribution in [0.25, 0.3) is 5.57 Å². The van der Waals surface area contributed by atoms with Crippen LogP contribution >= 0.6 is 0 Å². The van der Waals surface area contributed by atoms with Gasteiger partial charge in [0.05, 0.1) is 23.6 Å². The van der Waals surface area contributed by atoms with Crippen LogP contribution in [0.2, 0.25) is 0 Å². The number of benzene rings is 1. The van der Waals surface area contributed by atoms with Gasteiger partial charge in [0.25, 0.3) is 0 Å². The molecule has 2 heterocycles. The van der Waals surface area contributed by atoms with E-state index in [0.29, 0.717) is 37.3 Å². The van der Waals surface area contributed by atoms with Crippen LogP contribution in [0.4, 0.5) is 26.2 Å². The van der Waals surface area contributed by atoms with Gasteiger partial charge in [-0.05, 0) is 44.9 Å². The Labute approximate surface area is 163 Å². The molecule has 1 aromatic heterocycles. The van der Waals surface area contributed by atoms with Crippen molar-refractivity contribution in [3.63, 3.8) is 0 Å². The summed E-state index contributed by atoms with van der Waals surface area (Å²) in [5.74, 6) is -0.217. The summed E-state index contributed by atoms with van der Waals surface area (Å²) in [4.78, 5) is 8.18. The van der Waals surface area contributed by atoms with Crippen LogP contribution in [0, 0.1) is 18.6 Å². The van der Waals surface area contributed by atoms with Gasteiger partial charge in [-0.25, -0.2) is 13.8 Å². The molecule has 0 saturated heterocycles. The molecule has 8 heteroatoms. The Morgan fingerprint density at radius 1 is 1.32 bits per heavy atom. The van der Waals surface area contributed by atoms with E-state index >= 15 is 4.39 Å². The first-order chi connectivity index (χ1) is 13.5. The summed E-state index contributed by atoms with van der Waals surface area (Å²) in [6.45, 7) is 4.44. The minimum atomic E-state index is -0.533. The largest absolute Gasteiger partial charge is 0.492 e. The van der Waals surface area contributed by atoms with Crippen molar-refractivity contribution in [1.82, 2.24) is 9.97 Å². The van der Waals surface area contributed by atoms with E-state index in [1.165, 1.54) is 6.92 Å². The number of ether oxygens (including phenoxy) is 1. The molecule has 28 heavy (non-hydrogen) atoms. The summed E-state index contributed by atoms with van der Waals surface area (Å²) in [6.07, 6.45) is 3.98. The molecule has 6 nitrogen and oxygen atoms in total. The van der Waals surface area contributed by atoms with Gasteiger partial charge < -0.3 is 21.1 Å². The summed E-state index contributed by atoms with van der Waals surface area (Å²) < 4.78 is 35.2. The number of nitrogens with zero attached hydrogens (tertiary/aromatic N) is 2. The molecule has 1 aliphatic rings. The van der Waals surface area contributed by atoms with Crippen molar-refractivity contribution in [3.05, 3.63) is 40.6 Å². The lowest BCUT2D eigenvalue weighted by atomic mass is 9.95. The minimum Gasteiger partial charge on any atom is -0.492 e. The molecule has 0 amide bonds. The maximum atomic E-state index is 15.5. The average molecular weight is 389 g/mol. The van der Waals surface area contributed by atoms with Crippen LogP contribution in [-0.4, -0.2) is 30.2 Å². The molecular formula is C20H25F2N5O. The number of nitrogens with one attached hydrogen (secondary N) is 2. The Balaban J connectivity index is 2.06. The van der Waals surface area contributed by atoms with E-state index in [9.17, 15) is 4.39 Å². The molecule has 0 spiro atoms. The van der Waals surface area contributed by atoms with E-state index in [0.717, 1.165) is 17.6 Å². The fourth-order valence-corrected chi connectivity index (χ4v) is 3.30. The lowest BCUT2D eigenvalue weighted by Gasteiger charge is -2.17. The first kappa shape index (κ1) is 20.0. The predicted octanol–water partition coefficient (Wildman–Crippen LogP) is 3.93. The molecule has 0 fully saturated rings. The van der Waals surface area contributed by atoms with Gasteiger partial charge in [0, 0.05) is 19.0 Å². The van der Waals surface area contributed by atoms with Gasteiger partial charge in [-0.15, -0.1) is 0 Å². The van der Waals surface area contributed by atoms with Crippen LogP contribution in [0.15, 0.2) is 12.1 Å². The van der Waals surface area contributed by atoms with Gasteiger partial charge >= 0.3 is 0 Å². The quantitative estimate of drug-likeness (QED) is 0.665. The SMILES string of the molecule is C/C=C(\CCCN)c1c(F)c(Nc2nc(C)c(F)c(NC)n2)cc2c1OCC2. The zero-order valence-electron chi connectivity index (χ0n) is 16.3. The smallest absolute Gasteiger partial charge is 0.229 e. The number of hydrogen-bond acceptors (Lipinski definition) is 6. The number of halogens is 2. The van der Waals surface area contributed by atoms with E-state index in [2.05, 4.69) is 20.6 Å². The number of nitrogens with two attached hydrogens (primary N) is 1. The molecule has 1 aliphatic heterocycles. The zero-order valence-corrected chi connectivity index (χ0v) is 16.3. The van der Waals surface area contributed by atoms with Crippen molar-refractivity contribution in [1.29, 1.82) is 0 Å². The molecule has 0 unspecified atom stereocenters. The topological polar surface area (TPSA) is 85.1 Å². The third-order valence-electron chi connectivity index (χ3n) is 4.73. The standard InChI is InChI=1S/C20H25F2N5O/c1-4-12(6-5-8-23)15-17(22)14(10-13-7-9-28-18(13)15)26-20-25-11(2)16(21)19(24-3)27-20/h4,10H,5-9,23H2,1-3H3,(H2,24,25,26,27)/b12-4+. The van der Waals surface area contributed by atoms with Gasteiger partial charge in [0.2, 0.25) is 5.95 Å². The maximum Gasteiger partial charge on any atom is 0.229 e. The van der Waals surface area contributed by atoms with Crippen molar-refractivity contribution >= 4 is 23.0 Å². The van der Waals surface area contributed by atoms with Gasteiger partial charge in [0.1, 0.15) is 5.75 Å². The minimum absolute atomic E-state index is 0.0530. The second-order valence-electron chi connectivity index (χ2n) is 6.58. The van der Waals surface area contributed by atoms with E-state index in [1.54, 1.807) is 13.1 Å². The first-order valence-electron chi connectivity index (χ1n) is 9.32. The fourth-order valence-electron chi connectivity index (χ4n) is 3.30. The average Bonchev–Trinajstić information content (AvgIpc) is 3.15. The van der Waals surface area contributed by atoms with Crippen LogP contribution < -0.4 is 21.1 Å². The highest BCUT2D eigenvalue weighted by Gasteiger charge is 2.26. The third-order valence-corrected chi connectivity index (χ3v) is 4.73. The monoisotopic (exact) mass is 389 g/mol. The van der Waals surface area contributed by atoms with Crippen LogP contribution in [0.1, 0.15) is 36.6 Å². The number of rotatable bonds is 7. The first-order valence-corrected chi connectivity index (χ1v) is 9.32. The maximum absolute atomic E-state index is 15.5. The Bertz CT molecular complexity index is 914. The molecule has 2 aromatic rings. The lowest BCUT2D eigenvalue weighted by Crippen LogP contribution is -2.08. The molecule has 150 valence electrons. The zero-order chi connectivity index (χ0) is 20.3. The van der Waals surface area contributed by atoms with Gasteiger partial charge in [0.15, 0.2) is 17.5 Å². The summed E-state index contributed by atoms with van der Waals surface area (Å²) in [7, 11) is 1.57. The summed E-state index contributed by atoms with van der Waals surface area (Å²) >= 11 is 0. The van der Waals surface area contributed by atoms with E-state index < -0.39 is 11.6 Å². The van der Waals surface area contributed by atoms with Crippen LogP contribution in [0.5, 0.6) is 5.75 Å². The summed E-state index contributed by atoms with van der Waals surface area (Å²) in [5, 5.41) is 5.59. The highest BCUT2D eigenvalue weighted by Crippen LogP contribution is 2.41. The lowest BCUT2D eigenvalue weighted by molar-refractivity contribution is 0.354.